The zero-order chi connectivity index (χ0) is 24.2. The number of nitrogens with zero attached hydrogens (tertiary/aromatic N) is 3. The molecule has 2 aromatic rings. The van der Waals surface area contributed by atoms with E-state index in [1.165, 1.54) is 0 Å². The molecular weight excluding hydrogens is 434 g/mol. The lowest BCUT2D eigenvalue weighted by molar-refractivity contribution is 0.0492. The number of carbonyl (C=O) groups excluding carboxylic acids is 1. The SMILES string of the molecule is CCCCOc1cc(C(=O)N2CCC(c3nccn3CCOCCOCC)CC2)ccc1OC. The van der Waals surface area contributed by atoms with Gasteiger partial charge < -0.3 is 28.4 Å². The highest BCUT2D eigenvalue weighted by molar-refractivity contribution is 5.95. The fourth-order valence-corrected chi connectivity index (χ4v) is 4.17. The number of benzene rings is 1. The van der Waals surface area contributed by atoms with Crippen LogP contribution in [0.4, 0.5) is 0 Å². The van der Waals surface area contributed by atoms with Crippen LogP contribution in [0.15, 0.2) is 30.6 Å². The molecule has 1 fully saturated rings. The van der Waals surface area contributed by atoms with Gasteiger partial charge in [0.1, 0.15) is 5.82 Å². The molecule has 0 bridgehead atoms. The summed E-state index contributed by atoms with van der Waals surface area (Å²) in [5.41, 5.74) is 0.636. The summed E-state index contributed by atoms with van der Waals surface area (Å²) in [7, 11) is 1.62. The second-order valence-electron chi connectivity index (χ2n) is 8.42. The summed E-state index contributed by atoms with van der Waals surface area (Å²) in [6.45, 7) is 9.47. The van der Waals surface area contributed by atoms with Crippen LogP contribution in [0.2, 0.25) is 0 Å². The number of likely N-dealkylation sites (tertiary alicyclic amines) is 1. The van der Waals surface area contributed by atoms with E-state index in [0.717, 1.165) is 38.1 Å². The van der Waals surface area contributed by atoms with Crippen LogP contribution in [-0.2, 0) is 16.0 Å². The number of amides is 1. The van der Waals surface area contributed by atoms with Crippen molar-refractivity contribution < 1.29 is 23.7 Å². The number of carbonyl (C=O) groups is 1. The third kappa shape index (κ3) is 7.21. The molecule has 1 aromatic heterocycles. The Kier molecular flexibility index (Phi) is 10.7. The maximum Gasteiger partial charge on any atom is 0.253 e. The van der Waals surface area contributed by atoms with E-state index < -0.39 is 0 Å². The predicted octanol–water partition coefficient (Wildman–Crippen LogP) is 4.14. The monoisotopic (exact) mass is 473 g/mol. The lowest BCUT2D eigenvalue weighted by Gasteiger charge is -2.32. The molecule has 3 rings (SSSR count). The largest absolute Gasteiger partial charge is 0.493 e. The second-order valence-corrected chi connectivity index (χ2v) is 8.42. The summed E-state index contributed by atoms with van der Waals surface area (Å²) in [5, 5.41) is 0. The highest BCUT2D eigenvalue weighted by Crippen LogP contribution is 2.31. The fraction of sp³-hybridized carbons (Fsp3) is 0.615. The smallest absolute Gasteiger partial charge is 0.253 e. The van der Waals surface area contributed by atoms with Crippen LogP contribution in [0.3, 0.4) is 0 Å². The van der Waals surface area contributed by atoms with Crippen molar-refractivity contribution in [3.8, 4) is 11.5 Å². The lowest BCUT2D eigenvalue weighted by Crippen LogP contribution is -2.38. The summed E-state index contributed by atoms with van der Waals surface area (Å²) in [6, 6.07) is 5.44. The molecule has 34 heavy (non-hydrogen) atoms. The standard InChI is InChI=1S/C26H39N3O5/c1-4-6-16-34-24-20-22(7-8-23(24)31-3)26(30)29-12-9-21(10-13-29)25-27-11-14-28(25)15-17-33-19-18-32-5-2/h7-8,11,14,20-21H,4-6,9-10,12-13,15-19H2,1-3H3. The molecule has 1 aromatic carbocycles. The van der Waals surface area contributed by atoms with Crippen LogP contribution < -0.4 is 9.47 Å². The molecule has 0 atom stereocenters. The van der Waals surface area contributed by atoms with Gasteiger partial charge in [-0.05, 0) is 44.4 Å². The molecule has 0 N–H and O–H groups in total. The number of methoxy groups -OCH3 is 1. The van der Waals surface area contributed by atoms with Crippen molar-refractivity contribution in [3.63, 3.8) is 0 Å². The summed E-state index contributed by atoms with van der Waals surface area (Å²) < 4.78 is 24.4. The van der Waals surface area contributed by atoms with Gasteiger partial charge >= 0.3 is 0 Å². The van der Waals surface area contributed by atoms with Crippen molar-refractivity contribution in [1.82, 2.24) is 14.5 Å². The first-order valence-electron chi connectivity index (χ1n) is 12.4. The minimum absolute atomic E-state index is 0.0347. The predicted molar refractivity (Wildman–Crippen MR) is 131 cm³/mol. The van der Waals surface area contributed by atoms with E-state index in [1.54, 1.807) is 13.2 Å². The Morgan fingerprint density at radius 1 is 1.06 bits per heavy atom. The summed E-state index contributed by atoms with van der Waals surface area (Å²) in [6.07, 6.45) is 7.66. The van der Waals surface area contributed by atoms with E-state index >= 15 is 0 Å². The van der Waals surface area contributed by atoms with Crippen LogP contribution in [-0.4, -0.2) is 73.6 Å². The Hall–Kier alpha value is -2.58. The normalized spacial score (nSPS) is 14.4. The van der Waals surface area contributed by atoms with E-state index in [0.29, 0.717) is 69.1 Å². The van der Waals surface area contributed by atoms with Gasteiger partial charge in [0.2, 0.25) is 0 Å². The second kappa shape index (κ2) is 14.0. The van der Waals surface area contributed by atoms with E-state index in [9.17, 15) is 4.79 Å². The molecule has 2 heterocycles. The highest BCUT2D eigenvalue weighted by Gasteiger charge is 2.27. The summed E-state index contributed by atoms with van der Waals surface area (Å²) >= 11 is 0. The maximum atomic E-state index is 13.2. The molecule has 0 radical (unpaired) electrons. The van der Waals surface area contributed by atoms with Gasteiger partial charge in [-0.2, -0.15) is 0 Å². The van der Waals surface area contributed by atoms with Crippen molar-refractivity contribution in [2.24, 2.45) is 0 Å². The molecule has 1 saturated heterocycles. The van der Waals surface area contributed by atoms with Crippen molar-refractivity contribution in [2.45, 2.75) is 52.0 Å². The number of hydrogen-bond donors (Lipinski definition) is 0. The first-order chi connectivity index (χ1) is 16.7. The van der Waals surface area contributed by atoms with E-state index in [4.69, 9.17) is 18.9 Å². The Bertz CT molecular complexity index is 877. The zero-order valence-electron chi connectivity index (χ0n) is 20.8. The number of hydrogen-bond acceptors (Lipinski definition) is 6. The van der Waals surface area contributed by atoms with E-state index in [1.807, 2.05) is 36.4 Å². The van der Waals surface area contributed by atoms with Crippen molar-refractivity contribution >= 4 is 5.91 Å². The number of rotatable bonds is 14. The molecule has 0 spiro atoms. The first-order valence-corrected chi connectivity index (χ1v) is 12.4. The van der Waals surface area contributed by atoms with Gasteiger partial charge in [-0.1, -0.05) is 13.3 Å². The van der Waals surface area contributed by atoms with E-state index in [-0.39, 0.29) is 5.91 Å². The van der Waals surface area contributed by atoms with Gasteiger partial charge in [0, 0.05) is 50.1 Å². The average molecular weight is 474 g/mol. The number of aromatic nitrogens is 2. The molecule has 0 unspecified atom stereocenters. The van der Waals surface area contributed by atoms with Crippen molar-refractivity contribution in [3.05, 3.63) is 42.0 Å². The van der Waals surface area contributed by atoms with Crippen molar-refractivity contribution in [2.75, 3.05) is 53.2 Å². The van der Waals surface area contributed by atoms with Gasteiger partial charge in [0.15, 0.2) is 11.5 Å². The number of unbranched alkanes of at least 4 members (excludes halogenated alkanes) is 1. The molecule has 0 saturated carbocycles. The fourth-order valence-electron chi connectivity index (χ4n) is 4.17. The summed E-state index contributed by atoms with van der Waals surface area (Å²) in [4.78, 5) is 19.7. The third-order valence-electron chi connectivity index (χ3n) is 6.11. The number of imidazole rings is 1. The molecule has 0 aliphatic carbocycles. The Morgan fingerprint density at radius 3 is 2.59 bits per heavy atom. The number of ether oxygens (including phenoxy) is 4. The average Bonchev–Trinajstić information content (AvgIpc) is 3.34. The van der Waals surface area contributed by atoms with Gasteiger partial charge in [-0.15, -0.1) is 0 Å². The zero-order valence-corrected chi connectivity index (χ0v) is 20.8. The first kappa shape index (κ1) is 26.0. The van der Waals surface area contributed by atoms with Gasteiger partial charge in [0.25, 0.3) is 5.91 Å². The molecule has 1 aliphatic rings. The van der Waals surface area contributed by atoms with Crippen LogP contribution >= 0.6 is 0 Å². The molecule has 188 valence electrons. The Morgan fingerprint density at radius 2 is 1.85 bits per heavy atom. The topological polar surface area (TPSA) is 75.1 Å². The lowest BCUT2D eigenvalue weighted by atomic mass is 9.95. The molecular formula is C26H39N3O5. The van der Waals surface area contributed by atoms with Crippen LogP contribution in [0, 0.1) is 0 Å². The van der Waals surface area contributed by atoms with Crippen LogP contribution in [0.25, 0.3) is 0 Å². The quantitative estimate of drug-likeness (QED) is 0.384. The maximum absolute atomic E-state index is 13.2. The molecule has 8 nitrogen and oxygen atoms in total. The minimum Gasteiger partial charge on any atom is -0.493 e. The Labute approximate surface area is 203 Å². The van der Waals surface area contributed by atoms with Crippen molar-refractivity contribution in [1.29, 1.82) is 0 Å². The van der Waals surface area contributed by atoms with Gasteiger partial charge in [-0.25, -0.2) is 4.98 Å². The highest BCUT2D eigenvalue weighted by atomic mass is 16.5. The minimum atomic E-state index is 0.0347. The van der Waals surface area contributed by atoms with Crippen LogP contribution in [0.5, 0.6) is 11.5 Å². The van der Waals surface area contributed by atoms with Gasteiger partial charge in [0.05, 0.1) is 33.5 Å². The third-order valence-corrected chi connectivity index (χ3v) is 6.11. The van der Waals surface area contributed by atoms with E-state index in [2.05, 4.69) is 16.5 Å². The molecule has 1 aliphatic heterocycles. The van der Waals surface area contributed by atoms with Gasteiger partial charge in [-0.3, -0.25) is 4.79 Å². The molecule has 1 amide bonds. The summed E-state index contributed by atoms with van der Waals surface area (Å²) in [5.74, 6) is 2.73. The molecule has 8 heteroatoms. The number of piperidine rings is 1. The van der Waals surface area contributed by atoms with Crippen LogP contribution in [0.1, 0.15) is 61.6 Å². The Balaban J connectivity index is 1.53.